The third-order valence-corrected chi connectivity index (χ3v) is 4.68. The molecule has 0 spiro atoms. The van der Waals surface area contributed by atoms with Gasteiger partial charge in [0.05, 0.1) is 63.7 Å². The minimum absolute atomic E-state index is 0.312. The smallest absolute Gasteiger partial charge is 0.310 e. The number of carboxylic acids is 5. The molecule has 0 aliphatic heterocycles. The van der Waals surface area contributed by atoms with Crippen molar-refractivity contribution in [2.24, 2.45) is 10.8 Å². The van der Waals surface area contributed by atoms with Gasteiger partial charge in [-0.2, -0.15) is 0 Å². The Labute approximate surface area is 303 Å². The summed E-state index contributed by atoms with van der Waals surface area (Å²) >= 11 is 0. The van der Waals surface area contributed by atoms with Gasteiger partial charge in [-0.1, -0.05) is 0 Å². The molecule has 0 aliphatic carbocycles. The van der Waals surface area contributed by atoms with Crippen LogP contribution in [0.1, 0.15) is 66.7 Å². The van der Waals surface area contributed by atoms with Gasteiger partial charge in [0.2, 0.25) is 0 Å². The zero-order chi connectivity index (χ0) is 44.0. The van der Waals surface area contributed by atoms with E-state index in [1.807, 2.05) is 0 Å². The number of aliphatic carboxylic acids is 5. The number of aliphatic hydroxyl groups excluding tert-OH is 8. The first kappa shape index (κ1) is 63.4. The Morgan fingerprint density at radius 3 is 0.377 bits per heavy atom. The van der Waals surface area contributed by atoms with E-state index in [-0.39, 0.29) is 61.0 Å². The third-order valence-electron chi connectivity index (χ3n) is 4.68. The monoisotopic (exact) mass is 782 g/mol. The van der Waals surface area contributed by atoms with Crippen LogP contribution in [0.15, 0.2) is 0 Å². The predicted molar refractivity (Wildman–Crippen MR) is 176 cm³/mol. The summed E-state index contributed by atoms with van der Waals surface area (Å²) < 4.78 is 0. The zero-order valence-electron chi connectivity index (χ0n) is 30.1. The Kier molecular flexibility index (Phi) is 48.1. The number of carbonyl (C=O) groups excluding carboxylic acids is 5. The first-order valence-electron chi connectivity index (χ1n) is 14.6. The van der Waals surface area contributed by atoms with Crippen LogP contribution in [0.5, 0.6) is 0 Å². The Balaban J connectivity index is -0.0000000935. The summed E-state index contributed by atoms with van der Waals surface area (Å²) in [5.41, 5.74) is -2.22. The van der Waals surface area contributed by atoms with Crippen molar-refractivity contribution in [1.29, 1.82) is 0 Å². The lowest BCUT2D eigenvalue weighted by Gasteiger charge is -2.23. The number of Topliss-reactive ketones (excluding diaryl/α,β-unsaturated/α-hetero) is 5. The Morgan fingerprint density at radius 2 is 0.377 bits per heavy atom. The number of hydrogen-bond acceptors (Lipinski definition) is 18. The van der Waals surface area contributed by atoms with Crippen molar-refractivity contribution in [3.05, 3.63) is 0 Å². The van der Waals surface area contributed by atoms with Crippen LogP contribution in [0.3, 0.4) is 0 Å². The minimum Gasteiger partial charge on any atom is -0.481 e. The first-order chi connectivity index (χ1) is 24.1. The van der Waals surface area contributed by atoms with Gasteiger partial charge >= 0.3 is 29.8 Å². The number of carboxylic acid groups (broad SMARTS) is 5. The van der Waals surface area contributed by atoms with E-state index < -0.39 is 93.5 Å². The van der Waals surface area contributed by atoms with Gasteiger partial charge < -0.3 is 66.4 Å². The Morgan fingerprint density at radius 1 is 0.283 bits per heavy atom. The molecular formula is C30H54O23. The number of carbonyl (C=O) groups is 10. The van der Waals surface area contributed by atoms with Crippen molar-refractivity contribution in [3.63, 3.8) is 0 Å². The Bertz CT molecular complexity index is 824. The van der Waals surface area contributed by atoms with Crippen LogP contribution in [0.25, 0.3) is 0 Å². The molecule has 23 nitrogen and oxygen atoms in total. The van der Waals surface area contributed by atoms with Crippen LogP contribution in [-0.2, 0) is 47.9 Å². The van der Waals surface area contributed by atoms with Gasteiger partial charge in [0.15, 0.2) is 0 Å². The molecule has 0 aromatic rings. The molecule has 0 saturated carbocycles. The average molecular weight is 783 g/mol. The van der Waals surface area contributed by atoms with Crippen molar-refractivity contribution < 1.29 is 114 Å². The number of aliphatic hydroxyl groups is 8. The summed E-state index contributed by atoms with van der Waals surface area (Å²) in [6.07, 6.45) is -1.81. The van der Waals surface area contributed by atoms with Crippen molar-refractivity contribution in [2.75, 3.05) is 52.9 Å². The van der Waals surface area contributed by atoms with Crippen LogP contribution in [0.4, 0.5) is 0 Å². The topological polar surface area (TPSA) is 434 Å². The summed E-state index contributed by atoms with van der Waals surface area (Å²) in [5, 5.41) is 107. The lowest BCUT2D eigenvalue weighted by molar-refractivity contribution is -0.141. The van der Waals surface area contributed by atoms with E-state index in [4.69, 9.17) is 66.4 Å². The van der Waals surface area contributed by atoms with E-state index in [0.717, 1.165) is 0 Å². The number of rotatable bonds is 18. The molecule has 0 aliphatic rings. The molecule has 0 amide bonds. The summed E-state index contributed by atoms with van der Waals surface area (Å²) in [6.45, 7) is 2.97. The van der Waals surface area contributed by atoms with Crippen LogP contribution in [0, 0.1) is 10.8 Å². The second kappa shape index (κ2) is 40.2. The summed E-state index contributed by atoms with van der Waals surface area (Å²) in [6, 6.07) is 0. The highest BCUT2D eigenvalue weighted by Gasteiger charge is 2.27. The van der Waals surface area contributed by atoms with Crippen LogP contribution < -0.4 is 0 Å². The molecule has 0 fully saturated rings. The van der Waals surface area contributed by atoms with Gasteiger partial charge in [0, 0.05) is 0 Å². The zero-order valence-corrected chi connectivity index (χ0v) is 30.1. The third kappa shape index (κ3) is 62.9. The lowest BCUT2D eigenvalue weighted by atomic mass is 9.93. The molecule has 0 atom stereocenters. The molecule has 0 rings (SSSR count). The maximum Gasteiger partial charge on any atom is 0.310 e. The van der Waals surface area contributed by atoms with Gasteiger partial charge in [0.25, 0.3) is 0 Å². The standard InChI is InChI=1S/2C5H12O4.5C4H6O3/c2*6-1-5(2-7,3-8)4-9;5*1-3(5)2-4(6)7/h2*6-9H,1-4H2;5*2H2,1H3,(H,6,7). The van der Waals surface area contributed by atoms with E-state index in [1.165, 1.54) is 34.6 Å². The van der Waals surface area contributed by atoms with Crippen molar-refractivity contribution >= 4 is 58.8 Å². The van der Waals surface area contributed by atoms with Gasteiger partial charge in [-0.25, -0.2) is 0 Å². The highest BCUT2D eigenvalue weighted by atomic mass is 16.4. The van der Waals surface area contributed by atoms with Crippen molar-refractivity contribution in [1.82, 2.24) is 0 Å². The molecule has 13 N–H and O–H groups in total. The van der Waals surface area contributed by atoms with E-state index >= 15 is 0 Å². The highest BCUT2D eigenvalue weighted by molar-refractivity contribution is 5.94. The average Bonchev–Trinajstić information content (AvgIpc) is 2.99. The van der Waals surface area contributed by atoms with Crippen molar-refractivity contribution in [2.45, 2.75) is 66.7 Å². The van der Waals surface area contributed by atoms with Crippen LogP contribution in [0.2, 0.25) is 0 Å². The molecule has 0 aromatic carbocycles. The molecular weight excluding hydrogens is 728 g/mol. The van der Waals surface area contributed by atoms with Crippen LogP contribution in [-0.4, -0.2) is 178 Å². The molecule has 0 bridgehead atoms. The maximum absolute atomic E-state index is 9.87. The molecule has 53 heavy (non-hydrogen) atoms. The lowest BCUT2D eigenvalue weighted by Crippen LogP contribution is -2.37. The predicted octanol–water partition coefficient (Wildman–Crippen LogP) is -3.87. The summed E-state index contributed by atoms with van der Waals surface area (Å²) in [5.74, 6) is -6.87. The minimum atomic E-state index is -1.11. The summed E-state index contributed by atoms with van der Waals surface area (Å²) in [4.78, 5) is 97.3. The Hall–Kier alpha value is -4.62. The van der Waals surface area contributed by atoms with E-state index in [2.05, 4.69) is 0 Å². The number of ketones is 5. The quantitative estimate of drug-likeness (QED) is 0.0591. The number of hydrogen-bond donors (Lipinski definition) is 13. The van der Waals surface area contributed by atoms with Crippen molar-refractivity contribution in [3.8, 4) is 0 Å². The van der Waals surface area contributed by atoms with Crippen LogP contribution >= 0.6 is 0 Å². The van der Waals surface area contributed by atoms with E-state index in [0.29, 0.717) is 0 Å². The normalized spacial score (nSPS) is 9.45. The van der Waals surface area contributed by atoms with Gasteiger partial charge in [-0.3, -0.25) is 47.9 Å². The molecule has 0 radical (unpaired) electrons. The largest absolute Gasteiger partial charge is 0.481 e. The second-order valence-corrected chi connectivity index (χ2v) is 10.6. The fourth-order valence-electron chi connectivity index (χ4n) is 1.66. The fourth-order valence-corrected chi connectivity index (χ4v) is 1.66. The molecule has 312 valence electrons. The molecule has 23 heteroatoms. The second-order valence-electron chi connectivity index (χ2n) is 10.6. The summed E-state index contributed by atoms with van der Waals surface area (Å²) in [7, 11) is 0. The van der Waals surface area contributed by atoms with Gasteiger partial charge in [-0.15, -0.1) is 0 Å². The SMILES string of the molecule is CC(=O)CC(=O)O.CC(=O)CC(=O)O.CC(=O)CC(=O)O.CC(=O)CC(=O)O.CC(=O)CC(=O)O.OCC(CO)(CO)CO.OCC(CO)(CO)CO. The first-order valence-corrected chi connectivity index (χ1v) is 14.6. The van der Waals surface area contributed by atoms with Gasteiger partial charge in [-0.05, 0) is 34.6 Å². The van der Waals surface area contributed by atoms with Gasteiger partial charge in [0.1, 0.15) is 61.0 Å². The molecule has 0 saturated heterocycles. The maximum atomic E-state index is 9.87. The van der Waals surface area contributed by atoms with E-state index in [1.54, 1.807) is 0 Å². The molecule has 0 aromatic heterocycles. The fraction of sp³-hybridized carbons (Fsp3) is 0.667. The molecule has 0 unspecified atom stereocenters. The molecule has 0 heterocycles. The highest BCUT2D eigenvalue weighted by Crippen LogP contribution is 2.12. The van der Waals surface area contributed by atoms with E-state index in [9.17, 15) is 47.9 Å².